The Morgan fingerprint density at radius 3 is 2.31 bits per heavy atom. The summed E-state index contributed by atoms with van der Waals surface area (Å²) in [5.74, 6) is -6.36. The average Bonchev–Trinajstić information content (AvgIpc) is 2.67. The van der Waals surface area contributed by atoms with Crippen LogP contribution in [-0.4, -0.2) is 0 Å². The Morgan fingerprint density at radius 2 is 1.75 bits per heavy atom. The molecule has 83 valence electrons. The van der Waals surface area contributed by atoms with Crippen molar-refractivity contribution in [2.24, 2.45) is 0 Å². The predicted molar refractivity (Wildman–Crippen MR) is 51.3 cm³/mol. The number of halogens is 4. The molecule has 2 rings (SSSR count). The van der Waals surface area contributed by atoms with Gasteiger partial charge < -0.3 is 0 Å². The topological polar surface area (TPSA) is 0 Å². The summed E-state index contributed by atoms with van der Waals surface area (Å²) in [5, 5.41) is 0. The molecular weight excluding hydrogens is 220 g/mol. The Kier molecular flexibility index (Phi) is 2.58. The standard InChI is InChI=1S/C12H7F4/c1-6-3-2-4-7(6)8-5-9(13)11(15)12(16)10(8)14/h3,5H,2H2,1H3. The van der Waals surface area contributed by atoms with Crippen molar-refractivity contribution in [1.29, 1.82) is 0 Å². The zero-order valence-electron chi connectivity index (χ0n) is 8.37. The van der Waals surface area contributed by atoms with Crippen molar-refractivity contribution in [3.63, 3.8) is 0 Å². The van der Waals surface area contributed by atoms with Crippen molar-refractivity contribution in [1.82, 2.24) is 0 Å². The molecule has 1 aliphatic rings. The molecule has 0 saturated heterocycles. The van der Waals surface area contributed by atoms with Crippen molar-refractivity contribution < 1.29 is 17.6 Å². The van der Waals surface area contributed by atoms with Crippen LogP contribution in [0.3, 0.4) is 0 Å². The van der Waals surface area contributed by atoms with Gasteiger partial charge in [0.1, 0.15) is 0 Å². The molecule has 1 aromatic rings. The molecule has 0 atom stereocenters. The Hall–Kier alpha value is -1.58. The van der Waals surface area contributed by atoms with Gasteiger partial charge in [-0.15, -0.1) is 0 Å². The molecule has 1 aliphatic carbocycles. The average molecular weight is 227 g/mol. The van der Waals surface area contributed by atoms with Gasteiger partial charge >= 0.3 is 0 Å². The van der Waals surface area contributed by atoms with E-state index in [9.17, 15) is 17.6 Å². The zero-order valence-corrected chi connectivity index (χ0v) is 8.37. The third-order valence-corrected chi connectivity index (χ3v) is 2.45. The van der Waals surface area contributed by atoms with Gasteiger partial charge in [-0.2, -0.15) is 0 Å². The van der Waals surface area contributed by atoms with E-state index in [-0.39, 0.29) is 11.1 Å². The molecule has 0 amide bonds. The van der Waals surface area contributed by atoms with Crippen LogP contribution in [0.5, 0.6) is 0 Å². The first kappa shape index (κ1) is 10.9. The quantitative estimate of drug-likeness (QED) is 0.389. The van der Waals surface area contributed by atoms with E-state index in [4.69, 9.17) is 0 Å². The van der Waals surface area contributed by atoms with E-state index in [1.807, 2.05) is 0 Å². The molecular formula is C12H7F4. The molecule has 0 fully saturated rings. The number of hydrogen-bond acceptors (Lipinski definition) is 0. The number of allylic oxidation sites excluding steroid dienone is 4. The fraction of sp³-hybridized carbons (Fsp3) is 0.167. The lowest BCUT2D eigenvalue weighted by atomic mass is 10.0. The molecule has 0 N–H and O–H groups in total. The minimum absolute atomic E-state index is 0.287. The first-order chi connectivity index (χ1) is 7.52. The molecule has 0 nitrogen and oxygen atoms in total. The minimum atomic E-state index is -1.79. The molecule has 0 aliphatic heterocycles. The lowest BCUT2D eigenvalue weighted by Crippen LogP contribution is -2.01. The summed E-state index contributed by atoms with van der Waals surface area (Å²) in [6.45, 7) is 1.67. The largest absolute Gasteiger partial charge is 0.204 e. The van der Waals surface area contributed by atoms with Crippen LogP contribution in [0, 0.1) is 29.3 Å². The first-order valence-electron chi connectivity index (χ1n) is 4.63. The van der Waals surface area contributed by atoms with Crippen LogP contribution in [0.1, 0.15) is 18.9 Å². The van der Waals surface area contributed by atoms with E-state index in [0.717, 1.165) is 0 Å². The van der Waals surface area contributed by atoms with Crippen molar-refractivity contribution in [3.8, 4) is 0 Å². The van der Waals surface area contributed by atoms with Crippen LogP contribution >= 0.6 is 0 Å². The van der Waals surface area contributed by atoms with Crippen LogP contribution in [0.15, 0.2) is 17.7 Å². The molecule has 16 heavy (non-hydrogen) atoms. The molecule has 0 unspecified atom stereocenters. The highest BCUT2D eigenvalue weighted by Crippen LogP contribution is 2.32. The maximum absolute atomic E-state index is 13.4. The molecule has 4 heteroatoms. The Morgan fingerprint density at radius 1 is 1.06 bits per heavy atom. The fourth-order valence-electron chi connectivity index (χ4n) is 1.61. The van der Waals surface area contributed by atoms with E-state index in [0.29, 0.717) is 18.1 Å². The first-order valence-corrected chi connectivity index (χ1v) is 4.63. The van der Waals surface area contributed by atoms with Gasteiger partial charge in [0.05, 0.1) is 0 Å². The highest BCUT2D eigenvalue weighted by molar-refractivity contribution is 5.79. The van der Waals surface area contributed by atoms with Crippen molar-refractivity contribution >= 4 is 5.57 Å². The minimum Gasteiger partial charge on any atom is -0.204 e. The smallest absolute Gasteiger partial charge is 0.198 e. The lowest BCUT2D eigenvalue weighted by Gasteiger charge is -2.07. The van der Waals surface area contributed by atoms with Crippen LogP contribution < -0.4 is 0 Å². The van der Waals surface area contributed by atoms with Gasteiger partial charge in [-0.05, 0) is 36.6 Å². The van der Waals surface area contributed by atoms with E-state index in [2.05, 4.69) is 6.08 Å². The van der Waals surface area contributed by atoms with Crippen molar-refractivity contribution in [3.05, 3.63) is 52.6 Å². The lowest BCUT2D eigenvalue weighted by molar-refractivity contribution is 0.408. The SMILES string of the molecule is CC1=CC[C]=C1c1cc(F)c(F)c(F)c1F. The molecule has 1 radical (unpaired) electrons. The summed E-state index contributed by atoms with van der Waals surface area (Å²) in [6.07, 6.45) is 4.97. The highest BCUT2D eigenvalue weighted by atomic mass is 19.2. The van der Waals surface area contributed by atoms with Crippen LogP contribution in [0.4, 0.5) is 17.6 Å². The highest BCUT2D eigenvalue weighted by Gasteiger charge is 2.22. The fourth-order valence-corrected chi connectivity index (χ4v) is 1.61. The second kappa shape index (κ2) is 3.77. The third kappa shape index (κ3) is 1.54. The van der Waals surface area contributed by atoms with Gasteiger partial charge in [0.25, 0.3) is 0 Å². The Labute approximate surface area is 89.9 Å². The normalized spacial score (nSPS) is 15.1. The summed E-state index contributed by atoms with van der Waals surface area (Å²) in [7, 11) is 0. The van der Waals surface area contributed by atoms with E-state index in [1.165, 1.54) is 0 Å². The van der Waals surface area contributed by atoms with E-state index in [1.54, 1.807) is 13.0 Å². The van der Waals surface area contributed by atoms with Crippen molar-refractivity contribution in [2.75, 3.05) is 0 Å². The monoisotopic (exact) mass is 227 g/mol. The molecule has 1 aromatic carbocycles. The van der Waals surface area contributed by atoms with E-state index < -0.39 is 23.3 Å². The van der Waals surface area contributed by atoms with Crippen LogP contribution in [0.2, 0.25) is 0 Å². The summed E-state index contributed by atoms with van der Waals surface area (Å²) >= 11 is 0. The molecule has 0 spiro atoms. The van der Waals surface area contributed by atoms with Crippen LogP contribution in [0.25, 0.3) is 5.57 Å². The molecule has 0 saturated carbocycles. The second-order valence-electron chi connectivity index (χ2n) is 3.49. The number of rotatable bonds is 1. The zero-order chi connectivity index (χ0) is 11.9. The van der Waals surface area contributed by atoms with E-state index >= 15 is 0 Å². The molecule has 0 heterocycles. The second-order valence-corrected chi connectivity index (χ2v) is 3.49. The number of benzene rings is 1. The van der Waals surface area contributed by atoms with Gasteiger partial charge in [0.2, 0.25) is 0 Å². The maximum atomic E-state index is 13.4. The molecule has 0 bridgehead atoms. The molecule has 0 aromatic heterocycles. The summed E-state index contributed by atoms with van der Waals surface area (Å²) in [4.78, 5) is 0. The predicted octanol–water partition coefficient (Wildman–Crippen LogP) is 3.78. The Balaban J connectivity index is 2.63. The van der Waals surface area contributed by atoms with Gasteiger partial charge in [0.15, 0.2) is 23.3 Å². The maximum Gasteiger partial charge on any atom is 0.198 e. The third-order valence-electron chi connectivity index (χ3n) is 2.45. The van der Waals surface area contributed by atoms with Crippen molar-refractivity contribution in [2.45, 2.75) is 13.3 Å². The van der Waals surface area contributed by atoms with Gasteiger partial charge in [-0.25, -0.2) is 17.6 Å². The summed E-state index contributed by atoms with van der Waals surface area (Å²) < 4.78 is 52.1. The summed E-state index contributed by atoms with van der Waals surface area (Å²) in [5.41, 5.74) is 0.669. The van der Waals surface area contributed by atoms with Gasteiger partial charge in [-0.1, -0.05) is 6.08 Å². The Bertz CT molecular complexity index is 512. The number of hydrogen-bond donors (Lipinski definition) is 0. The van der Waals surface area contributed by atoms with Crippen LogP contribution in [-0.2, 0) is 0 Å². The van der Waals surface area contributed by atoms with Gasteiger partial charge in [-0.3, -0.25) is 0 Å². The summed E-state index contributed by atoms with van der Waals surface area (Å²) in [6, 6.07) is 0.652. The van der Waals surface area contributed by atoms with Gasteiger partial charge in [0, 0.05) is 5.56 Å².